The average molecular weight is 350 g/mol. The predicted molar refractivity (Wildman–Crippen MR) is 106 cm³/mol. The molecular weight excluding hydrogens is 324 g/mol. The normalized spacial score (nSPS) is 14.8. The van der Waals surface area contributed by atoms with Crippen molar-refractivity contribution < 1.29 is 0 Å². The lowest BCUT2D eigenvalue weighted by Gasteiger charge is -2.27. The lowest BCUT2D eigenvalue weighted by atomic mass is 10.1. The molecule has 26 heavy (non-hydrogen) atoms. The molecule has 3 aromatic rings. The number of fused-ring (bicyclic) bond motifs is 1. The number of nitrogens with one attached hydrogen (secondary N) is 1. The summed E-state index contributed by atoms with van der Waals surface area (Å²) in [4.78, 5) is 12.0. The summed E-state index contributed by atoms with van der Waals surface area (Å²) in [7, 11) is 0. The number of hydrogen-bond acceptors (Lipinski definition) is 5. The SMILES string of the molecule is CCn1ncc2c(NCc3cccc(C)c3)nc(N3CCCCC3)nc21. The zero-order chi connectivity index (χ0) is 17.9. The van der Waals surface area contributed by atoms with Crippen molar-refractivity contribution in [1.82, 2.24) is 19.7 Å². The van der Waals surface area contributed by atoms with E-state index in [2.05, 4.69) is 53.4 Å². The van der Waals surface area contributed by atoms with Crippen LogP contribution in [0.4, 0.5) is 11.8 Å². The smallest absolute Gasteiger partial charge is 0.229 e. The van der Waals surface area contributed by atoms with E-state index in [4.69, 9.17) is 9.97 Å². The van der Waals surface area contributed by atoms with Gasteiger partial charge in [0.25, 0.3) is 0 Å². The van der Waals surface area contributed by atoms with E-state index in [1.165, 1.54) is 30.4 Å². The first-order valence-corrected chi connectivity index (χ1v) is 9.52. The fourth-order valence-electron chi connectivity index (χ4n) is 3.55. The molecule has 0 amide bonds. The maximum absolute atomic E-state index is 4.86. The van der Waals surface area contributed by atoms with Gasteiger partial charge >= 0.3 is 0 Å². The summed E-state index contributed by atoms with van der Waals surface area (Å²) in [6.07, 6.45) is 5.59. The van der Waals surface area contributed by atoms with Gasteiger partial charge in [0.1, 0.15) is 5.82 Å². The summed E-state index contributed by atoms with van der Waals surface area (Å²) in [6, 6.07) is 8.55. The van der Waals surface area contributed by atoms with Crippen LogP contribution in [0.25, 0.3) is 11.0 Å². The van der Waals surface area contributed by atoms with Gasteiger partial charge in [-0.05, 0) is 38.7 Å². The van der Waals surface area contributed by atoms with E-state index in [0.717, 1.165) is 49.0 Å². The lowest BCUT2D eigenvalue weighted by molar-refractivity contribution is 0.568. The Morgan fingerprint density at radius 3 is 2.73 bits per heavy atom. The molecule has 136 valence electrons. The first kappa shape index (κ1) is 16.8. The number of piperidine rings is 1. The van der Waals surface area contributed by atoms with Gasteiger partial charge in [-0.25, -0.2) is 4.68 Å². The highest BCUT2D eigenvalue weighted by atomic mass is 15.3. The molecule has 0 saturated carbocycles. The number of nitrogens with zero attached hydrogens (tertiary/aromatic N) is 5. The van der Waals surface area contributed by atoms with E-state index >= 15 is 0 Å². The van der Waals surface area contributed by atoms with Crippen LogP contribution in [0.15, 0.2) is 30.5 Å². The highest BCUT2D eigenvalue weighted by Crippen LogP contribution is 2.25. The van der Waals surface area contributed by atoms with Crippen molar-refractivity contribution in [2.75, 3.05) is 23.3 Å². The Kier molecular flexibility index (Phi) is 4.73. The van der Waals surface area contributed by atoms with E-state index in [-0.39, 0.29) is 0 Å². The number of hydrogen-bond donors (Lipinski definition) is 1. The van der Waals surface area contributed by atoms with Crippen LogP contribution in [0, 0.1) is 6.92 Å². The second kappa shape index (κ2) is 7.32. The van der Waals surface area contributed by atoms with Crippen LogP contribution < -0.4 is 10.2 Å². The zero-order valence-corrected chi connectivity index (χ0v) is 15.6. The minimum atomic E-state index is 0.741. The fraction of sp³-hybridized carbons (Fsp3) is 0.450. The molecule has 0 bridgehead atoms. The fourth-order valence-corrected chi connectivity index (χ4v) is 3.55. The molecule has 1 aliphatic rings. The first-order chi connectivity index (χ1) is 12.7. The predicted octanol–water partition coefficient (Wildman–Crippen LogP) is 3.76. The Morgan fingerprint density at radius 2 is 1.96 bits per heavy atom. The van der Waals surface area contributed by atoms with Crippen molar-refractivity contribution in [3.63, 3.8) is 0 Å². The topological polar surface area (TPSA) is 58.9 Å². The Hall–Kier alpha value is -2.63. The number of benzene rings is 1. The molecule has 2 aromatic heterocycles. The third kappa shape index (κ3) is 3.36. The second-order valence-corrected chi connectivity index (χ2v) is 6.96. The van der Waals surface area contributed by atoms with Crippen molar-refractivity contribution in [2.45, 2.75) is 46.2 Å². The Bertz CT molecular complexity index is 894. The third-order valence-electron chi connectivity index (χ3n) is 4.97. The molecule has 0 aliphatic carbocycles. The van der Waals surface area contributed by atoms with Gasteiger partial charge in [-0.1, -0.05) is 29.8 Å². The summed E-state index contributed by atoms with van der Waals surface area (Å²) in [5, 5.41) is 8.99. The molecular formula is C20H26N6. The molecule has 0 radical (unpaired) electrons. The second-order valence-electron chi connectivity index (χ2n) is 6.96. The number of aromatic nitrogens is 4. The van der Waals surface area contributed by atoms with Crippen LogP contribution in [0.2, 0.25) is 0 Å². The van der Waals surface area contributed by atoms with Crippen LogP contribution in [0.3, 0.4) is 0 Å². The lowest BCUT2D eigenvalue weighted by Crippen LogP contribution is -2.31. The van der Waals surface area contributed by atoms with E-state index < -0.39 is 0 Å². The number of aryl methyl sites for hydroxylation is 2. The molecule has 6 heteroatoms. The van der Waals surface area contributed by atoms with Crippen LogP contribution in [-0.4, -0.2) is 32.8 Å². The van der Waals surface area contributed by atoms with Gasteiger partial charge in [-0.2, -0.15) is 15.1 Å². The van der Waals surface area contributed by atoms with E-state index in [1.54, 1.807) is 0 Å². The average Bonchev–Trinajstić information content (AvgIpc) is 3.10. The number of rotatable bonds is 5. The molecule has 0 unspecified atom stereocenters. The number of anilines is 2. The van der Waals surface area contributed by atoms with Crippen LogP contribution in [0.1, 0.15) is 37.3 Å². The summed E-state index contributed by atoms with van der Waals surface area (Å²) in [6.45, 7) is 7.81. The van der Waals surface area contributed by atoms with E-state index in [1.807, 2.05) is 10.9 Å². The molecule has 1 saturated heterocycles. The third-order valence-corrected chi connectivity index (χ3v) is 4.97. The maximum atomic E-state index is 4.86. The highest BCUT2D eigenvalue weighted by Gasteiger charge is 2.18. The molecule has 1 aliphatic heterocycles. The maximum Gasteiger partial charge on any atom is 0.229 e. The molecule has 1 aromatic carbocycles. The molecule has 4 rings (SSSR count). The quantitative estimate of drug-likeness (QED) is 0.759. The van der Waals surface area contributed by atoms with Crippen molar-refractivity contribution in [2.24, 2.45) is 0 Å². The Labute approximate surface area is 154 Å². The van der Waals surface area contributed by atoms with Gasteiger partial charge in [0.05, 0.1) is 11.6 Å². The van der Waals surface area contributed by atoms with Gasteiger partial charge in [0.2, 0.25) is 5.95 Å². The van der Waals surface area contributed by atoms with Crippen molar-refractivity contribution in [1.29, 1.82) is 0 Å². The van der Waals surface area contributed by atoms with Crippen molar-refractivity contribution in [3.05, 3.63) is 41.6 Å². The summed E-state index contributed by atoms with van der Waals surface area (Å²) < 4.78 is 1.95. The van der Waals surface area contributed by atoms with Crippen molar-refractivity contribution in [3.8, 4) is 0 Å². The molecule has 3 heterocycles. The van der Waals surface area contributed by atoms with Gasteiger partial charge in [-0.15, -0.1) is 0 Å². The largest absolute Gasteiger partial charge is 0.365 e. The minimum absolute atomic E-state index is 0.741. The zero-order valence-electron chi connectivity index (χ0n) is 15.6. The minimum Gasteiger partial charge on any atom is -0.365 e. The molecule has 1 N–H and O–H groups in total. The summed E-state index contributed by atoms with van der Waals surface area (Å²) >= 11 is 0. The molecule has 6 nitrogen and oxygen atoms in total. The van der Waals surface area contributed by atoms with Crippen LogP contribution in [-0.2, 0) is 13.1 Å². The summed E-state index contributed by atoms with van der Waals surface area (Å²) in [5.74, 6) is 1.69. The van der Waals surface area contributed by atoms with Gasteiger partial charge in [-0.3, -0.25) is 0 Å². The molecule has 0 spiro atoms. The van der Waals surface area contributed by atoms with Gasteiger partial charge in [0, 0.05) is 26.2 Å². The summed E-state index contributed by atoms with van der Waals surface area (Å²) in [5.41, 5.74) is 3.43. The van der Waals surface area contributed by atoms with E-state index in [9.17, 15) is 0 Å². The van der Waals surface area contributed by atoms with E-state index in [0.29, 0.717) is 0 Å². The van der Waals surface area contributed by atoms with Gasteiger partial charge in [0.15, 0.2) is 5.65 Å². The van der Waals surface area contributed by atoms with Crippen molar-refractivity contribution >= 4 is 22.8 Å². The van der Waals surface area contributed by atoms with Crippen LogP contribution in [0.5, 0.6) is 0 Å². The first-order valence-electron chi connectivity index (χ1n) is 9.52. The highest BCUT2D eigenvalue weighted by molar-refractivity contribution is 5.87. The van der Waals surface area contributed by atoms with Crippen LogP contribution >= 0.6 is 0 Å². The Balaban J connectivity index is 1.68. The van der Waals surface area contributed by atoms with Gasteiger partial charge < -0.3 is 10.2 Å². The Morgan fingerprint density at radius 1 is 1.12 bits per heavy atom. The molecule has 0 atom stereocenters. The molecule has 1 fully saturated rings. The monoisotopic (exact) mass is 350 g/mol. The standard InChI is InChI=1S/C20H26N6/c1-3-26-19-17(14-22-26)18(21-13-16-9-7-8-15(2)12-16)23-20(24-19)25-10-5-4-6-11-25/h7-9,12,14H,3-6,10-11,13H2,1-2H3,(H,21,23,24).